The number of aliphatic imine (C=N–C) groups is 1. The summed E-state index contributed by atoms with van der Waals surface area (Å²) in [5, 5.41) is 10.3. The predicted molar refractivity (Wildman–Crippen MR) is 114 cm³/mol. The Morgan fingerprint density at radius 2 is 2.14 bits per heavy atom. The van der Waals surface area contributed by atoms with Gasteiger partial charge in [-0.05, 0) is 29.8 Å². The van der Waals surface area contributed by atoms with Crippen molar-refractivity contribution in [3.8, 4) is 23.1 Å². The van der Waals surface area contributed by atoms with Gasteiger partial charge in [0, 0.05) is 20.6 Å². The Balaban J connectivity index is 0.00000225. The molecule has 1 aromatic carbocycles. The lowest BCUT2D eigenvalue weighted by Gasteiger charge is -2.21. The molecule has 0 radical (unpaired) electrons. The van der Waals surface area contributed by atoms with E-state index in [1.54, 1.807) is 19.4 Å². The quantitative estimate of drug-likeness (QED) is 0.318. The molecule has 0 unspecified atom stereocenters. The van der Waals surface area contributed by atoms with Crippen molar-refractivity contribution in [3.63, 3.8) is 0 Å². The summed E-state index contributed by atoms with van der Waals surface area (Å²) in [6.07, 6.45) is 1.59. The lowest BCUT2D eigenvalue weighted by Crippen LogP contribution is -2.38. The van der Waals surface area contributed by atoms with Gasteiger partial charge in [0.2, 0.25) is 12.6 Å². The van der Waals surface area contributed by atoms with Crippen LogP contribution in [0.1, 0.15) is 11.4 Å². The van der Waals surface area contributed by atoms with Crippen molar-refractivity contribution in [1.82, 2.24) is 25.4 Å². The number of nitrogens with zero attached hydrogens (tertiary/aromatic N) is 4. The Bertz CT molecular complexity index is 941. The summed E-state index contributed by atoms with van der Waals surface area (Å²) in [7, 11) is 3.71. The minimum absolute atomic E-state index is 0. The summed E-state index contributed by atoms with van der Waals surface area (Å²) in [5.74, 6) is 4.14. The molecular weight excluding hydrogens is 475 g/mol. The van der Waals surface area contributed by atoms with Gasteiger partial charge < -0.3 is 24.1 Å². The summed E-state index contributed by atoms with van der Waals surface area (Å²) < 4.78 is 16.1. The molecule has 28 heavy (non-hydrogen) atoms. The third-order valence-corrected chi connectivity index (χ3v) is 4.12. The molecule has 9 nitrogen and oxygen atoms in total. The Morgan fingerprint density at radius 1 is 1.29 bits per heavy atom. The van der Waals surface area contributed by atoms with Crippen molar-refractivity contribution in [1.29, 1.82) is 0 Å². The van der Waals surface area contributed by atoms with E-state index in [-0.39, 0.29) is 30.8 Å². The molecule has 2 aromatic heterocycles. The molecule has 0 amide bonds. The molecule has 3 heterocycles. The highest BCUT2D eigenvalue weighted by Crippen LogP contribution is 2.32. The molecule has 10 heteroatoms. The van der Waals surface area contributed by atoms with Gasteiger partial charge in [0.15, 0.2) is 23.2 Å². The molecule has 0 atom stereocenters. The van der Waals surface area contributed by atoms with E-state index in [2.05, 4.69) is 25.5 Å². The first kappa shape index (κ1) is 20.0. The van der Waals surface area contributed by atoms with Crippen molar-refractivity contribution < 1.29 is 13.9 Å². The first-order chi connectivity index (χ1) is 13.2. The summed E-state index contributed by atoms with van der Waals surface area (Å²) in [6, 6.07) is 9.54. The second kappa shape index (κ2) is 8.95. The van der Waals surface area contributed by atoms with Crippen molar-refractivity contribution in [3.05, 3.63) is 48.0 Å². The number of ether oxygens (including phenoxy) is 2. The van der Waals surface area contributed by atoms with E-state index in [0.29, 0.717) is 30.5 Å². The van der Waals surface area contributed by atoms with Crippen molar-refractivity contribution in [2.45, 2.75) is 13.1 Å². The molecule has 0 saturated carbocycles. The monoisotopic (exact) mass is 496 g/mol. The van der Waals surface area contributed by atoms with Crippen LogP contribution in [-0.2, 0) is 13.1 Å². The highest BCUT2D eigenvalue weighted by Gasteiger charge is 2.15. The maximum Gasteiger partial charge on any atom is 0.231 e. The van der Waals surface area contributed by atoms with Crippen molar-refractivity contribution >= 4 is 29.9 Å². The molecular formula is C18H21IN6O3. The SMILES string of the molecule is CN=C(NCc1nc(-c2ccco2)n[nH]1)N(C)Cc1ccc2c(c1)OCO2.I. The second-order valence-corrected chi connectivity index (χ2v) is 6.03. The number of furan rings is 1. The van der Waals surface area contributed by atoms with E-state index in [4.69, 9.17) is 13.9 Å². The number of rotatable bonds is 5. The van der Waals surface area contributed by atoms with Crippen LogP contribution in [0.15, 0.2) is 46.0 Å². The van der Waals surface area contributed by atoms with Crippen LogP contribution in [-0.4, -0.2) is 46.9 Å². The minimum atomic E-state index is 0. The Kier molecular flexibility index (Phi) is 6.39. The number of halogens is 1. The number of aromatic nitrogens is 3. The van der Waals surface area contributed by atoms with Crippen LogP contribution >= 0.6 is 24.0 Å². The zero-order chi connectivity index (χ0) is 18.6. The van der Waals surface area contributed by atoms with E-state index < -0.39 is 0 Å². The van der Waals surface area contributed by atoms with Gasteiger partial charge in [-0.1, -0.05) is 6.07 Å². The minimum Gasteiger partial charge on any atom is -0.461 e. The van der Waals surface area contributed by atoms with Gasteiger partial charge in [-0.15, -0.1) is 29.1 Å². The summed E-state index contributed by atoms with van der Waals surface area (Å²) in [4.78, 5) is 10.8. The zero-order valence-corrected chi connectivity index (χ0v) is 17.8. The first-order valence-corrected chi connectivity index (χ1v) is 8.48. The summed E-state index contributed by atoms with van der Waals surface area (Å²) >= 11 is 0. The Hall–Kier alpha value is -2.76. The number of hydrogen-bond donors (Lipinski definition) is 2. The molecule has 3 aromatic rings. The molecule has 2 N–H and O–H groups in total. The Labute approximate surface area is 179 Å². The smallest absolute Gasteiger partial charge is 0.231 e. The van der Waals surface area contributed by atoms with Gasteiger partial charge in [-0.2, -0.15) is 0 Å². The van der Waals surface area contributed by atoms with E-state index in [1.807, 2.05) is 36.2 Å². The molecule has 4 rings (SSSR count). The van der Waals surface area contributed by atoms with E-state index in [0.717, 1.165) is 23.0 Å². The topological polar surface area (TPSA) is 101 Å². The number of H-pyrrole nitrogens is 1. The maximum absolute atomic E-state index is 5.43. The number of guanidine groups is 1. The lowest BCUT2D eigenvalue weighted by molar-refractivity contribution is 0.174. The fourth-order valence-electron chi connectivity index (χ4n) is 2.83. The zero-order valence-electron chi connectivity index (χ0n) is 15.5. The van der Waals surface area contributed by atoms with Crippen LogP contribution < -0.4 is 14.8 Å². The van der Waals surface area contributed by atoms with Gasteiger partial charge >= 0.3 is 0 Å². The molecule has 0 spiro atoms. The van der Waals surface area contributed by atoms with Gasteiger partial charge in [0.05, 0.1) is 12.8 Å². The number of aromatic amines is 1. The normalized spacial score (nSPS) is 12.6. The lowest BCUT2D eigenvalue weighted by atomic mass is 10.2. The fraction of sp³-hybridized carbons (Fsp3) is 0.278. The summed E-state index contributed by atoms with van der Waals surface area (Å²) in [5.41, 5.74) is 1.10. The number of fused-ring (bicyclic) bond motifs is 1. The average molecular weight is 496 g/mol. The van der Waals surface area contributed by atoms with Crippen LogP contribution in [0, 0.1) is 0 Å². The van der Waals surface area contributed by atoms with Crippen LogP contribution in [0.25, 0.3) is 11.6 Å². The standard InChI is InChI=1S/C18H20N6O3.HI/c1-19-18(20-9-16-21-17(23-22-16)14-4-3-7-25-14)24(2)10-12-5-6-13-15(8-12)27-11-26-13;/h3-8H,9-11H2,1-2H3,(H,19,20)(H,21,22,23);1H. The van der Waals surface area contributed by atoms with Gasteiger partial charge in [0.25, 0.3) is 0 Å². The number of nitrogens with one attached hydrogen (secondary N) is 2. The summed E-state index contributed by atoms with van der Waals surface area (Å²) in [6.45, 7) is 1.41. The van der Waals surface area contributed by atoms with Gasteiger partial charge in [0.1, 0.15) is 5.82 Å². The Morgan fingerprint density at radius 3 is 2.93 bits per heavy atom. The van der Waals surface area contributed by atoms with Crippen LogP contribution in [0.4, 0.5) is 0 Å². The fourth-order valence-corrected chi connectivity index (χ4v) is 2.83. The third-order valence-electron chi connectivity index (χ3n) is 4.12. The van der Waals surface area contributed by atoms with Crippen molar-refractivity contribution in [2.24, 2.45) is 4.99 Å². The largest absolute Gasteiger partial charge is 0.461 e. The highest BCUT2D eigenvalue weighted by atomic mass is 127. The first-order valence-electron chi connectivity index (χ1n) is 8.48. The number of hydrogen-bond acceptors (Lipinski definition) is 6. The highest BCUT2D eigenvalue weighted by molar-refractivity contribution is 14.0. The van der Waals surface area contributed by atoms with Crippen LogP contribution in [0.5, 0.6) is 11.5 Å². The van der Waals surface area contributed by atoms with Gasteiger partial charge in [-0.3, -0.25) is 10.1 Å². The molecule has 0 aliphatic carbocycles. The second-order valence-electron chi connectivity index (χ2n) is 6.03. The van der Waals surface area contributed by atoms with E-state index in [9.17, 15) is 0 Å². The van der Waals surface area contributed by atoms with Crippen LogP contribution in [0.2, 0.25) is 0 Å². The molecule has 148 valence electrons. The molecule has 1 aliphatic rings. The van der Waals surface area contributed by atoms with Crippen molar-refractivity contribution in [2.75, 3.05) is 20.9 Å². The molecule has 1 aliphatic heterocycles. The maximum atomic E-state index is 5.43. The molecule has 0 fully saturated rings. The van der Waals surface area contributed by atoms with E-state index in [1.165, 1.54) is 0 Å². The molecule has 0 saturated heterocycles. The van der Waals surface area contributed by atoms with Gasteiger partial charge in [-0.25, -0.2) is 4.98 Å². The number of benzene rings is 1. The van der Waals surface area contributed by atoms with E-state index >= 15 is 0 Å². The third kappa shape index (κ3) is 4.38. The predicted octanol–water partition coefficient (Wildman–Crippen LogP) is 2.62. The average Bonchev–Trinajstić information content (AvgIpc) is 3.42. The molecule has 0 bridgehead atoms. The van der Waals surface area contributed by atoms with Crippen LogP contribution in [0.3, 0.4) is 0 Å².